The molecule has 0 aliphatic rings. The van der Waals surface area contributed by atoms with E-state index in [9.17, 15) is 9.59 Å². The molecular weight excluding hydrogens is 336 g/mol. The van der Waals surface area contributed by atoms with Gasteiger partial charge in [-0.2, -0.15) is 0 Å². The lowest BCUT2D eigenvalue weighted by Crippen LogP contribution is -2.16. The maximum Gasteiger partial charge on any atom is 0.274 e. The van der Waals surface area contributed by atoms with Crippen molar-refractivity contribution in [3.63, 3.8) is 0 Å². The predicted molar refractivity (Wildman–Crippen MR) is 99.7 cm³/mol. The van der Waals surface area contributed by atoms with Crippen molar-refractivity contribution >= 4 is 35.4 Å². The van der Waals surface area contributed by atoms with E-state index in [2.05, 4.69) is 15.6 Å². The first-order valence-corrected chi connectivity index (χ1v) is 8.00. The van der Waals surface area contributed by atoms with Crippen molar-refractivity contribution in [2.45, 2.75) is 6.92 Å². The van der Waals surface area contributed by atoms with Crippen LogP contribution in [0.2, 0.25) is 0 Å². The van der Waals surface area contributed by atoms with Crippen molar-refractivity contribution in [2.75, 3.05) is 10.6 Å². The zero-order valence-corrected chi connectivity index (χ0v) is 14.3. The molecule has 1 heterocycles. The topological polar surface area (TPSA) is 78.9 Å². The molecule has 7 heteroatoms. The van der Waals surface area contributed by atoms with Gasteiger partial charge in [-0.1, -0.05) is 18.2 Å². The van der Waals surface area contributed by atoms with Gasteiger partial charge in [0.1, 0.15) is 5.69 Å². The Kier molecular flexibility index (Phi) is 4.76. The number of nitrogens with zero attached hydrogens (tertiary/aromatic N) is 1. The number of hydrogen-bond acceptors (Lipinski definition) is 3. The molecule has 3 aromatic rings. The number of H-pyrrole nitrogens is 1. The molecule has 2 amide bonds. The summed E-state index contributed by atoms with van der Waals surface area (Å²) in [5.41, 5.74) is 2.49. The Morgan fingerprint density at radius 1 is 0.960 bits per heavy atom. The number of nitrogens with one attached hydrogen (secondary N) is 3. The minimum absolute atomic E-state index is 0.147. The number of hydrogen-bond donors (Lipinski definition) is 3. The lowest BCUT2D eigenvalue weighted by molar-refractivity contribution is -0.114. The van der Waals surface area contributed by atoms with E-state index in [4.69, 9.17) is 12.2 Å². The Morgan fingerprint density at radius 3 is 2.16 bits per heavy atom. The van der Waals surface area contributed by atoms with Gasteiger partial charge in [0.15, 0.2) is 4.77 Å². The van der Waals surface area contributed by atoms with Gasteiger partial charge in [-0.15, -0.1) is 0 Å². The summed E-state index contributed by atoms with van der Waals surface area (Å²) in [6.07, 6.45) is 1.58. The summed E-state index contributed by atoms with van der Waals surface area (Å²) in [6.45, 7) is 1.44. The van der Waals surface area contributed by atoms with Gasteiger partial charge in [-0.05, 0) is 48.6 Å². The summed E-state index contributed by atoms with van der Waals surface area (Å²) in [5.74, 6) is -0.436. The Morgan fingerprint density at radius 2 is 1.56 bits per heavy atom. The Balaban J connectivity index is 1.83. The van der Waals surface area contributed by atoms with E-state index in [1.807, 2.05) is 30.3 Å². The first-order chi connectivity index (χ1) is 12.0. The molecule has 0 aliphatic carbocycles. The van der Waals surface area contributed by atoms with E-state index in [1.54, 1.807) is 35.0 Å². The fraction of sp³-hybridized carbons (Fsp3) is 0.0556. The average molecular weight is 352 g/mol. The largest absolute Gasteiger partial charge is 0.336 e. The fourth-order valence-electron chi connectivity index (χ4n) is 2.40. The highest BCUT2D eigenvalue weighted by Crippen LogP contribution is 2.17. The Bertz CT molecular complexity index is 959. The van der Waals surface area contributed by atoms with E-state index in [0.717, 1.165) is 5.69 Å². The third kappa shape index (κ3) is 3.84. The number of aromatic nitrogens is 2. The minimum Gasteiger partial charge on any atom is -0.336 e. The summed E-state index contributed by atoms with van der Waals surface area (Å²) >= 11 is 5.28. The number of carbonyl (C=O) groups is 2. The monoisotopic (exact) mass is 352 g/mol. The molecule has 6 nitrogen and oxygen atoms in total. The van der Waals surface area contributed by atoms with Crippen LogP contribution in [0.25, 0.3) is 5.69 Å². The van der Waals surface area contributed by atoms with Crippen LogP contribution in [0.5, 0.6) is 0 Å². The number of imidazole rings is 1. The second kappa shape index (κ2) is 7.14. The van der Waals surface area contributed by atoms with Crippen LogP contribution in [0, 0.1) is 4.77 Å². The zero-order chi connectivity index (χ0) is 17.8. The van der Waals surface area contributed by atoms with Crippen molar-refractivity contribution < 1.29 is 9.59 Å². The molecular formula is C18H16N4O2S. The van der Waals surface area contributed by atoms with Gasteiger partial charge in [0.25, 0.3) is 5.91 Å². The lowest BCUT2D eigenvalue weighted by atomic mass is 10.2. The van der Waals surface area contributed by atoms with Crippen LogP contribution in [-0.4, -0.2) is 21.4 Å². The van der Waals surface area contributed by atoms with Gasteiger partial charge in [0, 0.05) is 30.2 Å². The predicted octanol–water partition coefficient (Wildman–Crippen LogP) is 3.75. The maximum atomic E-state index is 12.6. The summed E-state index contributed by atoms with van der Waals surface area (Å²) in [6, 6.07) is 16.3. The number of amides is 2. The lowest BCUT2D eigenvalue weighted by Gasteiger charge is -2.10. The van der Waals surface area contributed by atoms with Crippen LogP contribution in [-0.2, 0) is 4.79 Å². The maximum absolute atomic E-state index is 12.6. The molecule has 0 bridgehead atoms. The number of benzene rings is 2. The highest BCUT2D eigenvalue weighted by atomic mass is 32.1. The molecule has 0 atom stereocenters. The number of anilines is 2. The molecule has 1 aromatic heterocycles. The highest BCUT2D eigenvalue weighted by molar-refractivity contribution is 7.71. The van der Waals surface area contributed by atoms with Crippen LogP contribution in [0.4, 0.5) is 11.4 Å². The number of carbonyl (C=O) groups excluding carboxylic acids is 2. The quantitative estimate of drug-likeness (QED) is 0.626. The fourth-order valence-corrected chi connectivity index (χ4v) is 2.67. The molecule has 126 valence electrons. The molecule has 3 N–H and O–H groups in total. The van der Waals surface area contributed by atoms with Crippen LogP contribution < -0.4 is 10.6 Å². The van der Waals surface area contributed by atoms with Crippen molar-refractivity contribution in [1.82, 2.24) is 9.55 Å². The van der Waals surface area contributed by atoms with E-state index >= 15 is 0 Å². The molecule has 3 rings (SSSR count). The summed E-state index contributed by atoms with van der Waals surface area (Å²) < 4.78 is 2.12. The first-order valence-electron chi connectivity index (χ1n) is 7.59. The first kappa shape index (κ1) is 16.7. The van der Waals surface area contributed by atoms with E-state index in [0.29, 0.717) is 21.8 Å². The van der Waals surface area contributed by atoms with E-state index in [-0.39, 0.29) is 11.8 Å². The molecule has 2 aromatic carbocycles. The molecule has 0 saturated heterocycles. The van der Waals surface area contributed by atoms with Crippen molar-refractivity contribution in [3.05, 3.63) is 71.3 Å². The molecule has 0 radical (unpaired) electrons. The van der Waals surface area contributed by atoms with Gasteiger partial charge in [-0.3, -0.25) is 14.2 Å². The van der Waals surface area contributed by atoms with Gasteiger partial charge in [0.2, 0.25) is 5.91 Å². The van der Waals surface area contributed by atoms with Crippen LogP contribution >= 0.6 is 12.2 Å². The molecule has 0 fully saturated rings. The van der Waals surface area contributed by atoms with Crippen molar-refractivity contribution in [1.29, 1.82) is 0 Å². The molecule has 0 spiro atoms. The second-order valence-corrected chi connectivity index (χ2v) is 5.75. The molecule has 0 unspecified atom stereocenters. The minimum atomic E-state index is -0.288. The smallest absolute Gasteiger partial charge is 0.274 e. The number of para-hydroxylation sites is 1. The number of rotatable bonds is 4. The van der Waals surface area contributed by atoms with Gasteiger partial charge in [0.05, 0.1) is 0 Å². The summed E-state index contributed by atoms with van der Waals surface area (Å²) in [5, 5.41) is 5.50. The van der Waals surface area contributed by atoms with Crippen LogP contribution in [0.1, 0.15) is 17.4 Å². The molecule has 0 saturated carbocycles. The Hall–Kier alpha value is -3.19. The van der Waals surface area contributed by atoms with Crippen LogP contribution in [0.15, 0.2) is 60.8 Å². The highest BCUT2D eigenvalue weighted by Gasteiger charge is 2.14. The van der Waals surface area contributed by atoms with Gasteiger partial charge < -0.3 is 15.6 Å². The second-order valence-electron chi connectivity index (χ2n) is 5.36. The normalized spacial score (nSPS) is 10.3. The van der Waals surface area contributed by atoms with Crippen LogP contribution in [0.3, 0.4) is 0 Å². The molecule has 25 heavy (non-hydrogen) atoms. The number of aromatic amines is 1. The van der Waals surface area contributed by atoms with E-state index < -0.39 is 0 Å². The summed E-state index contributed by atoms with van der Waals surface area (Å²) in [4.78, 5) is 26.6. The van der Waals surface area contributed by atoms with Gasteiger partial charge in [-0.25, -0.2) is 0 Å². The third-order valence-corrected chi connectivity index (χ3v) is 3.79. The summed E-state index contributed by atoms with van der Waals surface area (Å²) in [7, 11) is 0. The average Bonchev–Trinajstić information content (AvgIpc) is 2.99. The zero-order valence-electron chi connectivity index (χ0n) is 13.4. The molecule has 0 aliphatic heterocycles. The van der Waals surface area contributed by atoms with Crippen molar-refractivity contribution in [2.24, 2.45) is 0 Å². The Labute approximate surface area is 149 Å². The van der Waals surface area contributed by atoms with E-state index in [1.165, 1.54) is 6.92 Å². The van der Waals surface area contributed by atoms with Crippen molar-refractivity contribution in [3.8, 4) is 5.69 Å². The SMILES string of the molecule is CC(=O)Nc1ccc(NC(=O)c2c[nH]c(=S)n2-c2ccccc2)cc1. The third-order valence-electron chi connectivity index (χ3n) is 3.49. The van der Waals surface area contributed by atoms with Gasteiger partial charge >= 0.3 is 0 Å². The standard InChI is InChI=1S/C18H16N4O2S/c1-12(23)20-13-7-9-14(10-8-13)21-17(24)16-11-19-18(25)22(16)15-5-3-2-4-6-15/h2-11H,1H3,(H,19,25)(H,20,23)(H,21,24).